The smallest absolute Gasteiger partial charge is 0.337 e. The lowest BCUT2D eigenvalue weighted by atomic mass is 9.69. The van der Waals surface area contributed by atoms with Crippen LogP contribution in [0.5, 0.6) is 5.75 Å². The van der Waals surface area contributed by atoms with E-state index in [-0.39, 0.29) is 49.9 Å². The SMILES string of the molecule is CC1(C)CCC1Oc1cc(Cl)c(C#N)cc1NS(=O)(=O)c1cc(C2CC2)ccc1C(=O)O. The van der Waals surface area contributed by atoms with Crippen molar-refractivity contribution in [3.63, 3.8) is 0 Å². The third-order valence-corrected chi connectivity index (χ3v) is 7.92. The molecule has 9 heteroatoms. The molecular weight excluding hydrogens is 452 g/mol. The largest absolute Gasteiger partial charge is 0.488 e. The zero-order valence-corrected chi connectivity index (χ0v) is 19.3. The Bertz CT molecular complexity index is 1250. The summed E-state index contributed by atoms with van der Waals surface area (Å²) in [6, 6.07) is 9.06. The van der Waals surface area contributed by atoms with E-state index in [9.17, 15) is 23.6 Å². The first kappa shape index (κ1) is 22.4. The Labute approximate surface area is 192 Å². The van der Waals surface area contributed by atoms with Gasteiger partial charge in [0.2, 0.25) is 0 Å². The van der Waals surface area contributed by atoms with E-state index in [4.69, 9.17) is 16.3 Å². The minimum absolute atomic E-state index is 0.0433. The summed E-state index contributed by atoms with van der Waals surface area (Å²) in [5.74, 6) is -0.896. The van der Waals surface area contributed by atoms with E-state index >= 15 is 0 Å². The Hall–Kier alpha value is -2.76. The summed E-state index contributed by atoms with van der Waals surface area (Å²) in [5.41, 5.74) is 0.512. The monoisotopic (exact) mass is 474 g/mol. The van der Waals surface area contributed by atoms with Crippen molar-refractivity contribution in [3.05, 3.63) is 52.0 Å². The second-order valence-corrected chi connectivity index (χ2v) is 11.1. The van der Waals surface area contributed by atoms with Crippen molar-refractivity contribution in [2.24, 2.45) is 5.41 Å². The van der Waals surface area contributed by atoms with Gasteiger partial charge in [-0.05, 0) is 55.4 Å². The number of halogens is 1. The summed E-state index contributed by atoms with van der Waals surface area (Å²) >= 11 is 6.18. The zero-order chi connectivity index (χ0) is 23.3. The van der Waals surface area contributed by atoms with Gasteiger partial charge >= 0.3 is 5.97 Å². The molecule has 2 saturated carbocycles. The Kier molecular flexibility index (Phi) is 5.60. The lowest BCUT2D eigenvalue weighted by Crippen LogP contribution is -2.44. The molecule has 4 rings (SSSR count). The standard InChI is InChI=1S/C23H23ClN2O5S/c1-23(2)8-7-21(23)31-19-11-17(24)15(12-25)9-18(19)26-32(29,30)20-10-14(13-3-4-13)5-6-16(20)22(27)28/h5-6,9-11,13,21,26H,3-4,7-8H2,1-2H3,(H,27,28). The lowest BCUT2D eigenvalue weighted by molar-refractivity contribution is -0.0179. The van der Waals surface area contributed by atoms with E-state index in [0.717, 1.165) is 31.2 Å². The lowest BCUT2D eigenvalue weighted by Gasteiger charge is -2.44. The average molecular weight is 475 g/mol. The average Bonchev–Trinajstić information content (AvgIpc) is 3.57. The van der Waals surface area contributed by atoms with Crippen molar-refractivity contribution in [3.8, 4) is 11.8 Å². The third-order valence-electron chi connectivity index (χ3n) is 6.20. The molecule has 0 amide bonds. The summed E-state index contributed by atoms with van der Waals surface area (Å²) in [5, 5.41) is 19.1. The summed E-state index contributed by atoms with van der Waals surface area (Å²) in [4.78, 5) is 11.4. The maximum absolute atomic E-state index is 13.3. The van der Waals surface area contributed by atoms with Gasteiger partial charge in [-0.1, -0.05) is 31.5 Å². The minimum Gasteiger partial charge on any atom is -0.488 e. The molecule has 7 nitrogen and oxygen atoms in total. The van der Waals surface area contributed by atoms with Crippen LogP contribution in [-0.4, -0.2) is 25.6 Å². The molecular formula is C23H23ClN2O5S. The Morgan fingerprint density at radius 1 is 1.25 bits per heavy atom. The van der Waals surface area contributed by atoms with Crippen LogP contribution in [-0.2, 0) is 10.0 Å². The molecule has 0 spiro atoms. The van der Waals surface area contributed by atoms with E-state index in [1.165, 1.54) is 24.3 Å². The van der Waals surface area contributed by atoms with Crippen LogP contribution in [0, 0.1) is 16.7 Å². The van der Waals surface area contributed by atoms with E-state index in [1.807, 2.05) is 6.07 Å². The molecule has 0 aromatic heterocycles. The van der Waals surface area contributed by atoms with Gasteiger partial charge in [0.15, 0.2) is 0 Å². The van der Waals surface area contributed by atoms with Gasteiger partial charge in [0.25, 0.3) is 10.0 Å². The number of carboxylic acids is 1. The van der Waals surface area contributed by atoms with Gasteiger partial charge in [-0.15, -0.1) is 0 Å². The Balaban J connectivity index is 1.75. The maximum Gasteiger partial charge on any atom is 0.337 e. The third kappa shape index (κ3) is 4.27. The van der Waals surface area contributed by atoms with Gasteiger partial charge in [0, 0.05) is 11.5 Å². The quantitative estimate of drug-likeness (QED) is 0.572. The van der Waals surface area contributed by atoms with Crippen LogP contribution in [0.15, 0.2) is 35.2 Å². The number of nitriles is 1. The van der Waals surface area contributed by atoms with Gasteiger partial charge in [0.1, 0.15) is 22.8 Å². The molecule has 0 heterocycles. The Morgan fingerprint density at radius 2 is 1.97 bits per heavy atom. The highest BCUT2D eigenvalue weighted by atomic mass is 35.5. The molecule has 2 aromatic rings. The molecule has 2 N–H and O–H groups in total. The van der Waals surface area contributed by atoms with Crippen molar-refractivity contribution in [1.82, 2.24) is 0 Å². The van der Waals surface area contributed by atoms with Gasteiger partial charge in [-0.2, -0.15) is 5.26 Å². The van der Waals surface area contributed by atoms with Crippen molar-refractivity contribution in [1.29, 1.82) is 5.26 Å². The van der Waals surface area contributed by atoms with Crippen LogP contribution >= 0.6 is 11.6 Å². The van der Waals surface area contributed by atoms with Crippen molar-refractivity contribution < 1.29 is 23.1 Å². The second kappa shape index (κ2) is 7.98. The predicted molar refractivity (Wildman–Crippen MR) is 120 cm³/mol. The summed E-state index contributed by atoms with van der Waals surface area (Å²) in [7, 11) is -4.29. The number of rotatable bonds is 7. The van der Waals surface area contributed by atoms with Crippen LogP contribution in [0.1, 0.15) is 66.9 Å². The molecule has 0 radical (unpaired) electrons. The van der Waals surface area contributed by atoms with Gasteiger partial charge < -0.3 is 9.84 Å². The fourth-order valence-corrected chi connectivity index (χ4v) is 5.33. The number of hydrogen-bond donors (Lipinski definition) is 2. The van der Waals surface area contributed by atoms with Crippen molar-refractivity contribution in [2.45, 2.75) is 56.4 Å². The second-order valence-electron chi connectivity index (χ2n) is 9.01. The molecule has 32 heavy (non-hydrogen) atoms. The highest BCUT2D eigenvalue weighted by molar-refractivity contribution is 7.92. The van der Waals surface area contributed by atoms with Crippen molar-refractivity contribution in [2.75, 3.05) is 4.72 Å². The number of nitrogens with one attached hydrogen (secondary N) is 1. The molecule has 1 atom stereocenters. The number of benzene rings is 2. The highest BCUT2D eigenvalue weighted by Crippen LogP contribution is 2.45. The molecule has 0 aliphatic heterocycles. The topological polar surface area (TPSA) is 116 Å². The number of anilines is 1. The van der Waals surface area contributed by atoms with E-state index in [1.54, 1.807) is 6.07 Å². The van der Waals surface area contributed by atoms with Crippen LogP contribution in [0.2, 0.25) is 5.02 Å². The maximum atomic E-state index is 13.3. The molecule has 1 unspecified atom stereocenters. The van der Waals surface area contributed by atoms with Crippen LogP contribution in [0.25, 0.3) is 0 Å². The van der Waals surface area contributed by atoms with E-state index < -0.39 is 16.0 Å². The first-order valence-corrected chi connectivity index (χ1v) is 12.2. The molecule has 2 aliphatic rings. The van der Waals surface area contributed by atoms with E-state index in [2.05, 4.69) is 18.6 Å². The summed E-state index contributed by atoms with van der Waals surface area (Å²) in [6.45, 7) is 4.11. The van der Waals surface area contributed by atoms with Gasteiger partial charge in [-0.25, -0.2) is 13.2 Å². The minimum atomic E-state index is -4.29. The van der Waals surface area contributed by atoms with Gasteiger partial charge in [-0.3, -0.25) is 4.72 Å². The zero-order valence-electron chi connectivity index (χ0n) is 17.7. The first-order chi connectivity index (χ1) is 15.0. The summed E-state index contributed by atoms with van der Waals surface area (Å²) < 4.78 is 35.1. The summed E-state index contributed by atoms with van der Waals surface area (Å²) in [6.07, 6.45) is 3.53. The Morgan fingerprint density at radius 3 is 2.50 bits per heavy atom. The molecule has 0 saturated heterocycles. The van der Waals surface area contributed by atoms with Crippen LogP contribution < -0.4 is 9.46 Å². The normalized spacial score (nSPS) is 19.5. The fraction of sp³-hybridized carbons (Fsp3) is 0.391. The number of sulfonamides is 1. The van der Waals surface area contributed by atoms with Crippen LogP contribution in [0.4, 0.5) is 5.69 Å². The van der Waals surface area contributed by atoms with E-state index in [0.29, 0.717) is 0 Å². The molecule has 2 fully saturated rings. The molecule has 168 valence electrons. The number of carboxylic acid groups (broad SMARTS) is 1. The number of carbonyl (C=O) groups is 1. The molecule has 2 aromatic carbocycles. The molecule has 2 aliphatic carbocycles. The van der Waals surface area contributed by atoms with Crippen molar-refractivity contribution >= 4 is 33.3 Å². The fourth-order valence-electron chi connectivity index (χ4n) is 3.84. The highest BCUT2D eigenvalue weighted by Gasteiger charge is 2.41. The predicted octanol–water partition coefficient (Wildman–Crippen LogP) is 5.16. The first-order valence-electron chi connectivity index (χ1n) is 10.3. The number of nitrogens with zero attached hydrogens (tertiary/aromatic N) is 1. The number of ether oxygens (including phenoxy) is 1. The molecule has 0 bridgehead atoms. The number of hydrogen-bond acceptors (Lipinski definition) is 5. The van der Waals surface area contributed by atoms with Gasteiger partial charge in [0.05, 0.1) is 21.8 Å². The van der Waals surface area contributed by atoms with Crippen LogP contribution in [0.3, 0.4) is 0 Å². The number of aromatic carboxylic acids is 1.